The molecule has 0 aromatic heterocycles. The first kappa shape index (κ1) is 15.7. The number of ether oxygens (including phenoxy) is 1. The van der Waals surface area contributed by atoms with Crippen LogP contribution in [0.4, 0.5) is 5.69 Å². The summed E-state index contributed by atoms with van der Waals surface area (Å²) in [4.78, 5) is 14.6. The van der Waals surface area contributed by atoms with E-state index >= 15 is 0 Å². The van der Waals surface area contributed by atoms with Gasteiger partial charge in [-0.25, -0.2) is 0 Å². The quantitative estimate of drug-likeness (QED) is 0.870. The molecule has 2 rings (SSSR count). The van der Waals surface area contributed by atoms with E-state index in [9.17, 15) is 4.79 Å². The maximum atomic E-state index is 12.6. The van der Waals surface area contributed by atoms with Crippen LogP contribution in [0.15, 0.2) is 18.2 Å². The average molecular weight is 290 g/mol. The lowest BCUT2D eigenvalue weighted by Gasteiger charge is -2.27. The summed E-state index contributed by atoms with van der Waals surface area (Å²) in [7, 11) is 0. The Morgan fingerprint density at radius 3 is 2.67 bits per heavy atom. The highest BCUT2D eigenvalue weighted by Gasteiger charge is 2.34. The number of anilines is 1. The molecule has 1 aromatic rings. The molecule has 21 heavy (non-hydrogen) atoms. The molecule has 1 aliphatic heterocycles. The zero-order valence-corrected chi connectivity index (χ0v) is 13.5. The molecule has 1 aliphatic rings. The van der Waals surface area contributed by atoms with Gasteiger partial charge in [0.1, 0.15) is 5.75 Å². The van der Waals surface area contributed by atoms with Gasteiger partial charge in [0.15, 0.2) is 0 Å². The molecule has 1 saturated heterocycles. The smallest absolute Gasteiger partial charge is 0.254 e. The van der Waals surface area contributed by atoms with Gasteiger partial charge in [0.2, 0.25) is 0 Å². The van der Waals surface area contributed by atoms with E-state index in [-0.39, 0.29) is 11.3 Å². The fraction of sp³-hybridized carbons (Fsp3) is 0.588. The van der Waals surface area contributed by atoms with Gasteiger partial charge in [0.05, 0.1) is 6.61 Å². The lowest BCUT2D eigenvalue weighted by atomic mass is 9.80. The van der Waals surface area contributed by atoms with Crippen LogP contribution in [0.1, 0.15) is 44.5 Å². The van der Waals surface area contributed by atoms with Crippen LogP contribution < -0.4 is 10.5 Å². The van der Waals surface area contributed by atoms with Crippen molar-refractivity contribution in [1.29, 1.82) is 0 Å². The topological polar surface area (TPSA) is 55.6 Å². The highest BCUT2D eigenvalue weighted by Crippen LogP contribution is 2.34. The minimum absolute atomic E-state index is 0.0509. The summed E-state index contributed by atoms with van der Waals surface area (Å²) in [6.07, 6.45) is 1.07. The van der Waals surface area contributed by atoms with Crippen molar-refractivity contribution in [1.82, 2.24) is 4.90 Å². The molecule has 1 heterocycles. The summed E-state index contributed by atoms with van der Waals surface area (Å²) in [6, 6.07) is 5.27. The molecule has 4 nitrogen and oxygen atoms in total. The van der Waals surface area contributed by atoms with Crippen LogP contribution in [-0.2, 0) is 0 Å². The minimum atomic E-state index is 0.0509. The second kappa shape index (κ2) is 5.96. The molecular formula is C17H26N2O2. The Labute approximate surface area is 127 Å². The minimum Gasteiger partial charge on any atom is -0.494 e. The Morgan fingerprint density at radius 2 is 2.10 bits per heavy atom. The number of nitrogens with two attached hydrogens (primary N) is 1. The summed E-state index contributed by atoms with van der Waals surface area (Å²) in [5.41, 5.74) is 7.29. The normalized spacial score (nSPS) is 18.9. The van der Waals surface area contributed by atoms with E-state index < -0.39 is 0 Å². The lowest BCUT2D eigenvalue weighted by Crippen LogP contribution is -2.31. The van der Waals surface area contributed by atoms with E-state index in [2.05, 4.69) is 20.8 Å². The van der Waals surface area contributed by atoms with E-state index in [1.807, 2.05) is 11.8 Å². The summed E-state index contributed by atoms with van der Waals surface area (Å²) < 4.78 is 5.46. The molecule has 1 amide bonds. The maximum Gasteiger partial charge on any atom is 0.254 e. The molecule has 0 spiro atoms. The molecule has 1 unspecified atom stereocenters. The standard InChI is InChI=1S/C17H26N2O2/c1-5-21-15-9-12(8-14(18)10-15)16(20)19-7-6-13(11-19)17(2,3)4/h8-10,13H,5-7,11,18H2,1-4H3. The van der Waals surface area contributed by atoms with Crippen LogP contribution in [0.5, 0.6) is 5.75 Å². The third-order valence-electron chi connectivity index (χ3n) is 4.19. The van der Waals surface area contributed by atoms with Gasteiger partial charge in [0, 0.05) is 30.4 Å². The van der Waals surface area contributed by atoms with Crippen molar-refractivity contribution in [2.75, 3.05) is 25.4 Å². The van der Waals surface area contributed by atoms with Crippen LogP contribution >= 0.6 is 0 Å². The third-order valence-corrected chi connectivity index (χ3v) is 4.19. The molecule has 0 saturated carbocycles. The van der Waals surface area contributed by atoms with E-state index in [4.69, 9.17) is 10.5 Å². The Morgan fingerprint density at radius 1 is 1.38 bits per heavy atom. The predicted molar refractivity (Wildman–Crippen MR) is 85.5 cm³/mol. The van der Waals surface area contributed by atoms with Crippen LogP contribution in [0, 0.1) is 11.3 Å². The molecule has 1 fully saturated rings. The molecule has 1 atom stereocenters. The lowest BCUT2D eigenvalue weighted by molar-refractivity contribution is 0.0776. The fourth-order valence-corrected chi connectivity index (χ4v) is 2.83. The summed E-state index contributed by atoms with van der Waals surface area (Å²) in [5.74, 6) is 1.26. The average Bonchev–Trinajstić information content (AvgIpc) is 2.87. The highest BCUT2D eigenvalue weighted by molar-refractivity contribution is 5.95. The van der Waals surface area contributed by atoms with Gasteiger partial charge in [-0.3, -0.25) is 4.79 Å². The van der Waals surface area contributed by atoms with Crippen molar-refractivity contribution in [3.8, 4) is 5.75 Å². The van der Waals surface area contributed by atoms with Gasteiger partial charge in [-0.1, -0.05) is 20.8 Å². The SMILES string of the molecule is CCOc1cc(N)cc(C(=O)N2CCC(C(C)(C)C)C2)c1. The first-order chi connectivity index (χ1) is 9.81. The van der Waals surface area contributed by atoms with E-state index in [1.165, 1.54) is 0 Å². The Bertz CT molecular complexity index is 520. The Kier molecular flexibility index (Phi) is 4.45. The van der Waals surface area contributed by atoms with Crippen molar-refractivity contribution in [2.45, 2.75) is 34.1 Å². The van der Waals surface area contributed by atoms with E-state index in [0.717, 1.165) is 19.5 Å². The number of hydrogen-bond acceptors (Lipinski definition) is 3. The molecule has 0 radical (unpaired) electrons. The predicted octanol–water partition coefficient (Wildman–Crippen LogP) is 3.18. The summed E-state index contributed by atoms with van der Waals surface area (Å²) in [6.45, 7) is 10.8. The number of likely N-dealkylation sites (tertiary alicyclic amines) is 1. The van der Waals surface area contributed by atoms with Crippen molar-refractivity contribution in [2.24, 2.45) is 11.3 Å². The second-order valence-corrected chi connectivity index (χ2v) is 6.83. The number of rotatable bonds is 3. The van der Waals surface area contributed by atoms with Gasteiger partial charge >= 0.3 is 0 Å². The van der Waals surface area contributed by atoms with Crippen molar-refractivity contribution < 1.29 is 9.53 Å². The molecule has 0 aliphatic carbocycles. The number of nitrogens with zero attached hydrogens (tertiary/aromatic N) is 1. The summed E-state index contributed by atoms with van der Waals surface area (Å²) in [5, 5.41) is 0. The van der Waals surface area contributed by atoms with Gasteiger partial charge in [-0.2, -0.15) is 0 Å². The van der Waals surface area contributed by atoms with E-state index in [0.29, 0.717) is 29.5 Å². The maximum absolute atomic E-state index is 12.6. The zero-order valence-electron chi connectivity index (χ0n) is 13.5. The molecule has 116 valence electrons. The van der Waals surface area contributed by atoms with Gasteiger partial charge < -0.3 is 15.4 Å². The van der Waals surface area contributed by atoms with Crippen LogP contribution in [-0.4, -0.2) is 30.5 Å². The number of carbonyl (C=O) groups is 1. The van der Waals surface area contributed by atoms with Gasteiger partial charge in [0.25, 0.3) is 5.91 Å². The zero-order chi connectivity index (χ0) is 15.6. The third kappa shape index (κ3) is 3.69. The van der Waals surface area contributed by atoms with Crippen molar-refractivity contribution in [3.63, 3.8) is 0 Å². The van der Waals surface area contributed by atoms with Crippen LogP contribution in [0.3, 0.4) is 0 Å². The molecule has 1 aromatic carbocycles. The first-order valence-electron chi connectivity index (χ1n) is 7.64. The number of nitrogen functional groups attached to an aromatic ring is 1. The van der Waals surface area contributed by atoms with Crippen LogP contribution in [0.25, 0.3) is 0 Å². The summed E-state index contributed by atoms with van der Waals surface area (Å²) >= 11 is 0. The molecule has 4 heteroatoms. The molecule has 2 N–H and O–H groups in total. The van der Waals surface area contributed by atoms with Gasteiger partial charge in [-0.05, 0) is 36.8 Å². The number of amides is 1. The molecule has 0 bridgehead atoms. The second-order valence-electron chi connectivity index (χ2n) is 6.83. The van der Waals surface area contributed by atoms with Crippen LogP contribution in [0.2, 0.25) is 0 Å². The Balaban J connectivity index is 2.14. The Hall–Kier alpha value is -1.71. The first-order valence-corrected chi connectivity index (χ1v) is 7.64. The number of carbonyl (C=O) groups excluding carboxylic acids is 1. The highest BCUT2D eigenvalue weighted by atomic mass is 16.5. The number of benzene rings is 1. The van der Waals surface area contributed by atoms with E-state index in [1.54, 1.807) is 18.2 Å². The number of hydrogen-bond donors (Lipinski definition) is 1. The largest absolute Gasteiger partial charge is 0.494 e. The van der Waals surface area contributed by atoms with Crippen molar-refractivity contribution in [3.05, 3.63) is 23.8 Å². The van der Waals surface area contributed by atoms with Gasteiger partial charge in [-0.15, -0.1) is 0 Å². The molecular weight excluding hydrogens is 264 g/mol. The van der Waals surface area contributed by atoms with Crippen molar-refractivity contribution >= 4 is 11.6 Å². The monoisotopic (exact) mass is 290 g/mol. The fourth-order valence-electron chi connectivity index (χ4n) is 2.83.